The van der Waals surface area contributed by atoms with Crippen LogP contribution in [0.25, 0.3) is 5.69 Å². The number of aryl methyl sites for hydroxylation is 2. The van der Waals surface area contributed by atoms with Gasteiger partial charge >= 0.3 is 0 Å². The summed E-state index contributed by atoms with van der Waals surface area (Å²) in [6.07, 6.45) is 0. The Hall–Kier alpha value is -3.32. The second-order valence-electron chi connectivity index (χ2n) is 7.79. The predicted molar refractivity (Wildman–Crippen MR) is 121 cm³/mol. The van der Waals surface area contributed by atoms with Gasteiger partial charge in [0.05, 0.1) is 44.0 Å². The number of carbonyl (C=O) groups is 1. The Labute approximate surface area is 183 Å². The molecule has 1 heterocycles. The van der Waals surface area contributed by atoms with Gasteiger partial charge in [0, 0.05) is 5.56 Å². The molecular formula is C24H31N4O3+. The van der Waals surface area contributed by atoms with E-state index >= 15 is 0 Å². The van der Waals surface area contributed by atoms with Crippen LogP contribution < -0.4 is 19.7 Å². The maximum atomic E-state index is 12.8. The van der Waals surface area contributed by atoms with Crippen LogP contribution in [0.4, 0.5) is 5.69 Å². The lowest BCUT2D eigenvalue weighted by molar-refractivity contribution is -0.885. The molecule has 2 N–H and O–H groups in total. The molecule has 0 saturated carbocycles. The maximum absolute atomic E-state index is 12.8. The number of likely N-dealkylation sites (N-methyl/N-ethyl adjacent to an activating group) is 1. The fraction of sp³-hybridized carbons (Fsp3) is 0.333. The molecule has 1 atom stereocenters. The van der Waals surface area contributed by atoms with Gasteiger partial charge in [-0.05, 0) is 50.6 Å². The van der Waals surface area contributed by atoms with Crippen molar-refractivity contribution in [2.45, 2.75) is 27.3 Å². The smallest absolute Gasteiger partial charge is 0.279 e. The number of nitrogens with one attached hydrogen (secondary N) is 2. The lowest BCUT2D eigenvalue weighted by Crippen LogP contribution is -3.08. The van der Waals surface area contributed by atoms with Gasteiger partial charge in [-0.2, -0.15) is 5.10 Å². The maximum Gasteiger partial charge on any atom is 0.279 e. The second kappa shape index (κ2) is 9.66. The van der Waals surface area contributed by atoms with Gasteiger partial charge in [0.1, 0.15) is 6.54 Å². The van der Waals surface area contributed by atoms with Crippen LogP contribution in [0.2, 0.25) is 0 Å². The zero-order valence-corrected chi connectivity index (χ0v) is 19.1. The van der Waals surface area contributed by atoms with Gasteiger partial charge in [0.25, 0.3) is 5.91 Å². The van der Waals surface area contributed by atoms with Crippen LogP contribution in [0.15, 0.2) is 42.5 Å². The van der Waals surface area contributed by atoms with Crippen molar-refractivity contribution in [3.05, 3.63) is 65.0 Å². The molecule has 1 unspecified atom stereocenters. The Kier molecular flexibility index (Phi) is 6.97. The van der Waals surface area contributed by atoms with E-state index in [-0.39, 0.29) is 5.91 Å². The number of ether oxygens (including phenoxy) is 2. The summed E-state index contributed by atoms with van der Waals surface area (Å²) in [5.41, 5.74) is 5.66. The number of quaternary nitrogens is 1. The largest absolute Gasteiger partial charge is 0.493 e. The Morgan fingerprint density at radius 3 is 2.35 bits per heavy atom. The highest BCUT2D eigenvalue weighted by atomic mass is 16.5. The van der Waals surface area contributed by atoms with Crippen LogP contribution in [0.1, 0.15) is 22.5 Å². The van der Waals surface area contributed by atoms with Crippen molar-refractivity contribution in [2.24, 2.45) is 0 Å². The van der Waals surface area contributed by atoms with Crippen molar-refractivity contribution in [1.82, 2.24) is 9.78 Å². The molecule has 31 heavy (non-hydrogen) atoms. The zero-order chi connectivity index (χ0) is 22.5. The molecule has 2 aromatic carbocycles. The van der Waals surface area contributed by atoms with E-state index in [1.54, 1.807) is 14.2 Å². The van der Waals surface area contributed by atoms with Crippen LogP contribution in [0.5, 0.6) is 11.5 Å². The molecule has 7 nitrogen and oxygen atoms in total. The minimum atomic E-state index is -0.0468. The molecule has 0 bridgehead atoms. The molecule has 1 amide bonds. The molecule has 0 aliphatic carbocycles. The number of rotatable bonds is 8. The number of hydrogen-bond acceptors (Lipinski definition) is 4. The topological polar surface area (TPSA) is 69.8 Å². The van der Waals surface area contributed by atoms with Crippen molar-refractivity contribution in [3.8, 4) is 17.2 Å². The Bertz CT molecular complexity index is 1060. The van der Waals surface area contributed by atoms with Crippen molar-refractivity contribution in [3.63, 3.8) is 0 Å². The number of anilines is 1. The summed E-state index contributed by atoms with van der Waals surface area (Å²) < 4.78 is 12.6. The highest BCUT2D eigenvalue weighted by molar-refractivity contribution is 5.92. The molecule has 1 aromatic heterocycles. The van der Waals surface area contributed by atoms with E-state index in [2.05, 4.69) is 10.4 Å². The molecular weight excluding hydrogens is 392 g/mol. The van der Waals surface area contributed by atoms with Gasteiger partial charge in [0.2, 0.25) is 0 Å². The summed E-state index contributed by atoms with van der Waals surface area (Å²) in [5.74, 6) is 1.36. The number of carbonyl (C=O) groups excluding carboxylic acids is 1. The lowest BCUT2D eigenvalue weighted by Gasteiger charge is -2.17. The number of amides is 1. The summed E-state index contributed by atoms with van der Waals surface area (Å²) >= 11 is 0. The molecule has 7 heteroatoms. The Morgan fingerprint density at radius 2 is 1.71 bits per heavy atom. The number of benzene rings is 2. The van der Waals surface area contributed by atoms with E-state index in [0.29, 0.717) is 24.6 Å². The first-order chi connectivity index (χ1) is 14.8. The molecule has 3 aromatic rings. The number of methoxy groups -OCH3 is 2. The number of para-hydroxylation sites is 1. The van der Waals surface area contributed by atoms with E-state index in [0.717, 1.165) is 38.8 Å². The van der Waals surface area contributed by atoms with Crippen LogP contribution in [0.3, 0.4) is 0 Å². The summed E-state index contributed by atoms with van der Waals surface area (Å²) in [5, 5.41) is 7.65. The SMILES string of the molecule is COc1cc(C)c(C[NH+](C)CC(=O)Nc2c(C)nn(-c3ccccc3)c2C)cc1OC. The predicted octanol–water partition coefficient (Wildman–Crippen LogP) is 2.47. The first-order valence-electron chi connectivity index (χ1n) is 10.3. The minimum Gasteiger partial charge on any atom is -0.493 e. The van der Waals surface area contributed by atoms with Gasteiger partial charge in [-0.15, -0.1) is 0 Å². The number of aromatic nitrogens is 2. The number of hydrogen-bond donors (Lipinski definition) is 2. The third-order valence-electron chi connectivity index (χ3n) is 5.35. The van der Waals surface area contributed by atoms with Gasteiger partial charge < -0.3 is 19.7 Å². The van der Waals surface area contributed by atoms with Crippen molar-refractivity contribution in [2.75, 3.05) is 33.1 Å². The summed E-state index contributed by atoms with van der Waals surface area (Å²) in [7, 11) is 5.26. The molecule has 3 rings (SSSR count). The van der Waals surface area contributed by atoms with Crippen LogP contribution >= 0.6 is 0 Å². The lowest BCUT2D eigenvalue weighted by atomic mass is 10.1. The quantitative estimate of drug-likeness (QED) is 0.584. The number of nitrogens with zero attached hydrogens (tertiary/aromatic N) is 2. The molecule has 0 spiro atoms. The average Bonchev–Trinajstić information content (AvgIpc) is 3.03. The fourth-order valence-corrected chi connectivity index (χ4v) is 3.70. The summed E-state index contributed by atoms with van der Waals surface area (Å²) in [6.45, 7) is 6.94. The summed E-state index contributed by atoms with van der Waals surface area (Å²) in [4.78, 5) is 13.8. The fourth-order valence-electron chi connectivity index (χ4n) is 3.70. The van der Waals surface area contributed by atoms with E-state index in [4.69, 9.17) is 9.47 Å². The van der Waals surface area contributed by atoms with Gasteiger partial charge in [-0.1, -0.05) is 18.2 Å². The van der Waals surface area contributed by atoms with Crippen LogP contribution in [-0.4, -0.2) is 43.5 Å². The Balaban J connectivity index is 1.68. The highest BCUT2D eigenvalue weighted by Gasteiger charge is 2.19. The molecule has 0 aliphatic rings. The van der Waals surface area contributed by atoms with Crippen molar-refractivity contribution in [1.29, 1.82) is 0 Å². The first-order valence-corrected chi connectivity index (χ1v) is 10.3. The van der Waals surface area contributed by atoms with Gasteiger partial charge in [-0.3, -0.25) is 4.79 Å². The summed E-state index contributed by atoms with van der Waals surface area (Å²) in [6, 6.07) is 13.8. The second-order valence-corrected chi connectivity index (χ2v) is 7.79. The molecule has 164 valence electrons. The molecule has 0 radical (unpaired) electrons. The molecule has 0 aliphatic heterocycles. The third-order valence-corrected chi connectivity index (χ3v) is 5.35. The van der Waals surface area contributed by atoms with Crippen molar-refractivity contribution >= 4 is 11.6 Å². The third kappa shape index (κ3) is 5.06. The Morgan fingerprint density at radius 1 is 1.06 bits per heavy atom. The zero-order valence-electron chi connectivity index (χ0n) is 19.1. The molecule has 0 saturated heterocycles. The van der Waals surface area contributed by atoms with Gasteiger partial charge in [0.15, 0.2) is 18.0 Å². The monoisotopic (exact) mass is 423 g/mol. The van der Waals surface area contributed by atoms with E-state index in [1.807, 2.05) is 75.0 Å². The van der Waals surface area contributed by atoms with Crippen LogP contribution in [-0.2, 0) is 11.3 Å². The average molecular weight is 424 g/mol. The van der Waals surface area contributed by atoms with Gasteiger partial charge in [-0.25, -0.2) is 4.68 Å². The van der Waals surface area contributed by atoms with E-state index in [9.17, 15) is 4.79 Å². The van der Waals surface area contributed by atoms with E-state index in [1.165, 1.54) is 0 Å². The van der Waals surface area contributed by atoms with Crippen LogP contribution in [0, 0.1) is 20.8 Å². The standard InChI is InChI=1S/C24H30N4O3/c1-16-12-21(30-5)22(31-6)13-19(16)14-27(4)15-23(29)25-24-17(2)26-28(18(24)3)20-10-8-7-9-11-20/h7-13H,14-15H2,1-6H3,(H,25,29)/p+1. The molecule has 0 fully saturated rings. The van der Waals surface area contributed by atoms with Crippen molar-refractivity contribution < 1.29 is 19.2 Å². The first kappa shape index (κ1) is 22.4. The minimum absolute atomic E-state index is 0.0468. The van der Waals surface area contributed by atoms with E-state index < -0.39 is 0 Å². The normalized spacial score (nSPS) is 11.8. The highest BCUT2D eigenvalue weighted by Crippen LogP contribution is 2.30.